The molecule has 0 saturated heterocycles. The maximum absolute atomic E-state index is 6.42. The van der Waals surface area contributed by atoms with Gasteiger partial charge in [0.1, 0.15) is 16.9 Å². The molecule has 4 rings (SSSR count). The molecule has 0 radical (unpaired) electrons. The molecule has 2 aromatic heterocycles. The number of ether oxygens (including phenoxy) is 1. The van der Waals surface area contributed by atoms with E-state index in [-0.39, 0.29) is 6.04 Å². The number of hydrogen-bond donors (Lipinski definition) is 1. The first kappa shape index (κ1) is 13.8. The van der Waals surface area contributed by atoms with Crippen LogP contribution in [0.1, 0.15) is 17.2 Å². The number of nitrogens with two attached hydrogens (primary N) is 1. The van der Waals surface area contributed by atoms with Gasteiger partial charge in [-0.3, -0.25) is 4.98 Å². The molecule has 0 aliphatic heterocycles. The minimum Gasteiger partial charge on any atom is -0.496 e. The molecule has 4 heteroatoms. The predicted octanol–water partition coefficient (Wildman–Crippen LogP) is 4.04. The maximum atomic E-state index is 6.42. The van der Waals surface area contributed by atoms with Gasteiger partial charge in [0.25, 0.3) is 0 Å². The summed E-state index contributed by atoms with van der Waals surface area (Å²) >= 11 is 0. The summed E-state index contributed by atoms with van der Waals surface area (Å²) in [6.45, 7) is 0. The third-order valence-corrected chi connectivity index (χ3v) is 4.11. The first-order valence-corrected chi connectivity index (χ1v) is 7.42. The topological polar surface area (TPSA) is 61.3 Å². The molecule has 0 saturated carbocycles. The second-order valence-electron chi connectivity index (χ2n) is 5.45. The van der Waals surface area contributed by atoms with Gasteiger partial charge in [-0.15, -0.1) is 0 Å². The van der Waals surface area contributed by atoms with Crippen LogP contribution in [0, 0.1) is 0 Å². The summed E-state index contributed by atoms with van der Waals surface area (Å²) in [4.78, 5) is 4.14. The van der Waals surface area contributed by atoms with Crippen LogP contribution in [0.4, 0.5) is 0 Å². The highest BCUT2D eigenvalue weighted by molar-refractivity contribution is 6.05. The molecule has 0 spiro atoms. The molecular weight excluding hydrogens is 288 g/mol. The number of rotatable bonds is 3. The minimum absolute atomic E-state index is 0.323. The Bertz CT molecular complexity index is 977. The second-order valence-corrected chi connectivity index (χ2v) is 5.45. The second kappa shape index (κ2) is 5.41. The highest BCUT2D eigenvalue weighted by Gasteiger charge is 2.18. The molecule has 2 N–H and O–H groups in total. The van der Waals surface area contributed by atoms with E-state index in [2.05, 4.69) is 4.98 Å². The number of nitrogens with zero attached hydrogens (tertiary/aromatic N) is 1. The number of para-hydroxylation sites is 1. The van der Waals surface area contributed by atoms with Crippen molar-refractivity contribution >= 4 is 21.9 Å². The van der Waals surface area contributed by atoms with E-state index in [1.54, 1.807) is 19.5 Å². The lowest BCUT2D eigenvalue weighted by Gasteiger charge is -2.15. The third kappa shape index (κ3) is 2.24. The molecule has 0 fully saturated rings. The van der Waals surface area contributed by atoms with E-state index in [9.17, 15) is 0 Å². The van der Waals surface area contributed by atoms with E-state index < -0.39 is 0 Å². The Morgan fingerprint density at radius 3 is 2.70 bits per heavy atom. The number of hydrogen-bond acceptors (Lipinski definition) is 4. The summed E-state index contributed by atoms with van der Waals surface area (Å²) in [6, 6.07) is 15.4. The Kier molecular flexibility index (Phi) is 3.24. The fraction of sp³-hybridized carbons (Fsp3) is 0.105. The van der Waals surface area contributed by atoms with E-state index in [0.717, 1.165) is 38.8 Å². The summed E-state index contributed by atoms with van der Waals surface area (Å²) in [5.74, 6) is 0.750. The molecule has 0 amide bonds. The molecule has 2 heterocycles. The first-order valence-electron chi connectivity index (χ1n) is 7.42. The van der Waals surface area contributed by atoms with Gasteiger partial charge in [-0.1, -0.05) is 24.3 Å². The van der Waals surface area contributed by atoms with Gasteiger partial charge >= 0.3 is 0 Å². The van der Waals surface area contributed by atoms with E-state index in [4.69, 9.17) is 14.9 Å². The molecule has 0 aliphatic carbocycles. The van der Waals surface area contributed by atoms with Crippen LogP contribution < -0.4 is 10.5 Å². The summed E-state index contributed by atoms with van der Waals surface area (Å²) in [6.07, 6.45) is 3.50. The van der Waals surface area contributed by atoms with E-state index >= 15 is 0 Å². The van der Waals surface area contributed by atoms with Crippen molar-refractivity contribution in [2.45, 2.75) is 6.04 Å². The fourth-order valence-corrected chi connectivity index (χ4v) is 2.93. The minimum atomic E-state index is -0.323. The zero-order valence-corrected chi connectivity index (χ0v) is 12.7. The number of fused-ring (bicyclic) bond motifs is 3. The summed E-state index contributed by atoms with van der Waals surface area (Å²) < 4.78 is 11.5. The predicted molar refractivity (Wildman–Crippen MR) is 90.5 cm³/mol. The lowest BCUT2D eigenvalue weighted by molar-refractivity contribution is 0.408. The van der Waals surface area contributed by atoms with Crippen LogP contribution in [-0.4, -0.2) is 12.1 Å². The summed E-state index contributed by atoms with van der Waals surface area (Å²) in [5, 5.41) is 2.10. The number of methoxy groups -OCH3 is 1. The average molecular weight is 304 g/mol. The lowest BCUT2D eigenvalue weighted by atomic mass is 9.98. The molecule has 114 valence electrons. The molecular formula is C19H16N2O2. The highest BCUT2D eigenvalue weighted by Crippen LogP contribution is 2.36. The molecule has 23 heavy (non-hydrogen) atoms. The maximum Gasteiger partial charge on any atom is 0.136 e. The van der Waals surface area contributed by atoms with Crippen molar-refractivity contribution in [2.75, 3.05) is 7.11 Å². The summed E-state index contributed by atoms with van der Waals surface area (Å²) in [5.41, 5.74) is 9.89. The van der Waals surface area contributed by atoms with Crippen molar-refractivity contribution in [1.82, 2.24) is 4.98 Å². The zero-order chi connectivity index (χ0) is 15.8. The van der Waals surface area contributed by atoms with Gasteiger partial charge in [-0.25, -0.2) is 0 Å². The zero-order valence-electron chi connectivity index (χ0n) is 12.7. The van der Waals surface area contributed by atoms with Gasteiger partial charge in [-0.05, 0) is 29.8 Å². The van der Waals surface area contributed by atoms with Crippen LogP contribution >= 0.6 is 0 Å². The average Bonchev–Trinajstić information content (AvgIpc) is 2.98. The van der Waals surface area contributed by atoms with Crippen molar-refractivity contribution in [3.63, 3.8) is 0 Å². The smallest absolute Gasteiger partial charge is 0.136 e. The molecule has 0 bridgehead atoms. The standard InChI is InChI=1S/C19H16N2O2/c1-22-17-9-14-13-6-2-3-7-16(13)23-18(14)10-15(17)19(20)12-5-4-8-21-11-12/h2-11,19H,20H2,1H3. The van der Waals surface area contributed by atoms with Gasteiger partial charge < -0.3 is 14.9 Å². The van der Waals surface area contributed by atoms with Gasteiger partial charge in [0.2, 0.25) is 0 Å². The summed E-state index contributed by atoms with van der Waals surface area (Å²) in [7, 11) is 1.66. The highest BCUT2D eigenvalue weighted by atomic mass is 16.5. The Morgan fingerprint density at radius 2 is 1.91 bits per heavy atom. The molecule has 1 atom stereocenters. The van der Waals surface area contributed by atoms with E-state index in [1.165, 1.54) is 0 Å². The Balaban J connectivity index is 1.94. The van der Waals surface area contributed by atoms with Crippen LogP contribution in [0.3, 0.4) is 0 Å². The lowest BCUT2D eigenvalue weighted by Crippen LogP contribution is -2.13. The van der Waals surface area contributed by atoms with Crippen LogP contribution in [0.25, 0.3) is 21.9 Å². The van der Waals surface area contributed by atoms with Crippen molar-refractivity contribution < 1.29 is 9.15 Å². The van der Waals surface area contributed by atoms with Crippen LogP contribution in [0.5, 0.6) is 5.75 Å². The first-order chi connectivity index (χ1) is 11.3. The number of pyridine rings is 1. The largest absolute Gasteiger partial charge is 0.496 e. The van der Waals surface area contributed by atoms with Crippen molar-refractivity contribution in [3.8, 4) is 5.75 Å². The monoisotopic (exact) mass is 304 g/mol. The van der Waals surface area contributed by atoms with Gasteiger partial charge in [0.15, 0.2) is 0 Å². The van der Waals surface area contributed by atoms with Crippen molar-refractivity contribution in [3.05, 3.63) is 72.1 Å². The quantitative estimate of drug-likeness (QED) is 0.620. The van der Waals surface area contributed by atoms with Crippen molar-refractivity contribution in [2.24, 2.45) is 5.73 Å². The van der Waals surface area contributed by atoms with Crippen LogP contribution in [0.2, 0.25) is 0 Å². The molecule has 2 aromatic carbocycles. The Labute approximate surface area is 133 Å². The van der Waals surface area contributed by atoms with Gasteiger partial charge in [-0.2, -0.15) is 0 Å². The third-order valence-electron chi connectivity index (χ3n) is 4.11. The molecule has 4 nitrogen and oxygen atoms in total. The van der Waals surface area contributed by atoms with Gasteiger partial charge in [0, 0.05) is 28.7 Å². The van der Waals surface area contributed by atoms with Crippen molar-refractivity contribution in [1.29, 1.82) is 0 Å². The van der Waals surface area contributed by atoms with E-state index in [0.29, 0.717) is 0 Å². The SMILES string of the molecule is COc1cc2c(cc1C(N)c1cccnc1)oc1ccccc12. The van der Waals surface area contributed by atoms with E-state index in [1.807, 2.05) is 48.5 Å². The molecule has 0 aliphatic rings. The Hall–Kier alpha value is -2.85. The number of benzene rings is 2. The number of furan rings is 1. The number of aromatic nitrogens is 1. The molecule has 1 unspecified atom stereocenters. The van der Waals surface area contributed by atoms with Gasteiger partial charge in [0.05, 0.1) is 13.2 Å². The molecule has 4 aromatic rings. The van der Waals surface area contributed by atoms with Crippen LogP contribution in [-0.2, 0) is 0 Å². The fourth-order valence-electron chi connectivity index (χ4n) is 2.93. The van der Waals surface area contributed by atoms with Crippen LogP contribution in [0.15, 0.2) is 65.3 Å². The Morgan fingerprint density at radius 1 is 1.04 bits per heavy atom. The normalized spacial score (nSPS) is 12.6.